The third-order valence-electron chi connectivity index (χ3n) is 2.52. The van der Waals surface area contributed by atoms with Gasteiger partial charge in [0.15, 0.2) is 0 Å². The maximum absolute atomic E-state index is 11.7. The molecule has 1 aromatic rings. The van der Waals surface area contributed by atoms with Crippen molar-refractivity contribution in [3.05, 3.63) is 24.0 Å². The number of carbonyl (C=O) groups is 2. The summed E-state index contributed by atoms with van der Waals surface area (Å²) < 4.78 is 0. The molecule has 110 valence electrons. The zero-order chi connectivity index (χ0) is 15.0. The monoisotopic (exact) mass is 297 g/mol. The summed E-state index contributed by atoms with van der Waals surface area (Å²) in [6.45, 7) is 4.05. The molecule has 0 saturated carbocycles. The number of rotatable bonds is 7. The molecule has 1 rings (SSSR count). The first kappa shape index (κ1) is 16.3. The standard InChI is InChI=1S/C13H19N3O3S/c1-3-20-7-6-9(2)15-13(19)16-10-4-5-11(12(17)18)14-8-10/h4-5,8-9H,3,6-7H2,1-2H3,(H,17,18)(H2,15,16,19). The van der Waals surface area contributed by atoms with E-state index in [9.17, 15) is 9.59 Å². The first-order valence-corrected chi connectivity index (χ1v) is 7.53. The van der Waals surface area contributed by atoms with Crippen LogP contribution in [-0.4, -0.2) is 39.6 Å². The van der Waals surface area contributed by atoms with Crippen LogP contribution in [0.15, 0.2) is 18.3 Å². The van der Waals surface area contributed by atoms with Crippen molar-refractivity contribution >= 4 is 29.4 Å². The highest BCUT2D eigenvalue weighted by molar-refractivity contribution is 7.99. The van der Waals surface area contributed by atoms with Gasteiger partial charge in [-0.05, 0) is 37.0 Å². The van der Waals surface area contributed by atoms with E-state index in [2.05, 4.69) is 22.5 Å². The summed E-state index contributed by atoms with van der Waals surface area (Å²) >= 11 is 1.83. The predicted octanol–water partition coefficient (Wildman–Crippen LogP) is 2.43. The lowest BCUT2D eigenvalue weighted by molar-refractivity contribution is 0.0690. The maximum atomic E-state index is 11.7. The van der Waals surface area contributed by atoms with E-state index in [1.54, 1.807) is 0 Å². The number of carboxylic acid groups (broad SMARTS) is 1. The Labute approximate surface area is 122 Å². The average Bonchev–Trinajstić information content (AvgIpc) is 2.39. The molecule has 2 amide bonds. The molecular formula is C13H19N3O3S. The SMILES string of the molecule is CCSCCC(C)NC(=O)Nc1ccc(C(=O)O)nc1. The molecule has 3 N–H and O–H groups in total. The van der Waals surface area contributed by atoms with E-state index in [-0.39, 0.29) is 17.8 Å². The summed E-state index contributed by atoms with van der Waals surface area (Å²) in [7, 11) is 0. The molecule has 20 heavy (non-hydrogen) atoms. The number of nitrogens with zero attached hydrogens (tertiary/aromatic N) is 1. The van der Waals surface area contributed by atoms with Crippen LogP contribution in [0.2, 0.25) is 0 Å². The summed E-state index contributed by atoms with van der Waals surface area (Å²) in [4.78, 5) is 26.1. The molecule has 1 unspecified atom stereocenters. The lowest BCUT2D eigenvalue weighted by Gasteiger charge is -2.14. The van der Waals surface area contributed by atoms with Crippen LogP contribution in [0.4, 0.5) is 10.5 Å². The first-order valence-electron chi connectivity index (χ1n) is 6.37. The predicted molar refractivity (Wildman–Crippen MR) is 80.4 cm³/mol. The van der Waals surface area contributed by atoms with Crippen LogP contribution in [0.5, 0.6) is 0 Å². The van der Waals surface area contributed by atoms with Crippen molar-refractivity contribution in [2.75, 3.05) is 16.8 Å². The van der Waals surface area contributed by atoms with Gasteiger partial charge in [0.1, 0.15) is 5.69 Å². The number of amides is 2. The Hall–Kier alpha value is -1.76. The minimum Gasteiger partial charge on any atom is -0.477 e. The Balaban J connectivity index is 2.39. The van der Waals surface area contributed by atoms with Crippen LogP contribution in [0.3, 0.4) is 0 Å². The normalized spacial score (nSPS) is 11.7. The van der Waals surface area contributed by atoms with E-state index >= 15 is 0 Å². The number of nitrogens with one attached hydrogen (secondary N) is 2. The summed E-state index contributed by atoms with van der Waals surface area (Å²) in [6.07, 6.45) is 2.22. The molecule has 1 atom stereocenters. The molecule has 0 radical (unpaired) electrons. The second-order valence-corrected chi connectivity index (χ2v) is 5.62. The average molecular weight is 297 g/mol. The van der Waals surface area contributed by atoms with Crippen molar-refractivity contribution in [1.82, 2.24) is 10.3 Å². The second kappa shape index (κ2) is 8.42. The number of carbonyl (C=O) groups excluding carboxylic acids is 1. The van der Waals surface area contributed by atoms with Gasteiger partial charge in [-0.3, -0.25) is 0 Å². The highest BCUT2D eigenvalue weighted by Gasteiger charge is 2.08. The fourth-order valence-corrected chi connectivity index (χ4v) is 2.27. The number of pyridine rings is 1. The number of anilines is 1. The van der Waals surface area contributed by atoms with E-state index in [1.165, 1.54) is 18.3 Å². The zero-order valence-corrected chi connectivity index (χ0v) is 12.4. The van der Waals surface area contributed by atoms with E-state index in [1.807, 2.05) is 18.7 Å². The molecule has 0 bridgehead atoms. The van der Waals surface area contributed by atoms with Gasteiger partial charge in [0.05, 0.1) is 11.9 Å². The first-order chi connectivity index (χ1) is 9.52. The lowest BCUT2D eigenvalue weighted by Crippen LogP contribution is -2.36. The number of hydrogen-bond donors (Lipinski definition) is 3. The van der Waals surface area contributed by atoms with Gasteiger partial charge >= 0.3 is 12.0 Å². The third kappa shape index (κ3) is 5.92. The van der Waals surface area contributed by atoms with Crippen molar-refractivity contribution in [3.8, 4) is 0 Å². The van der Waals surface area contributed by atoms with E-state index in [0.717, 1.165) is 17.9 Å². The van der Waals surface area contributed by atoms with Crippen LogP contribution >= 0.6 is 11.8 Å². The molecule has 0 aliphatic heterocycles. The molecule has 0 aliphatic carbocycles. The molecular weight excluding hydrogens is 278 g/mol. The van der Waals surface area contributed by atoms with Crippen LogP contribution in [0, 0.1) is 0 Å². The Kier molecular flexibility index (Phi) is 6.86. The quantitative estimate of drug-likeness (QED) is 0.672. The van der Waals surface area contributed by atoms with E-state index in [0.29, 0.717) is 5.69 Å². The van der Waals surface area contributed by atoms with Crippen LogP contribution in [0.1, 0.15) is 30.8 Å². The molecule has 0 spiro atoms. The molecule has 7 heteroatoms. The number of aromatic carboxylic acids is 1. The van der Waals surface area contributed by atoms with E-state index < -0.39 is 5.97 Å². The summed E-state index contributed by atoms with van der Waals surface area (Å²) in [5.41, 5.74) is 0.406. The smallest absolute Gasteiger partial charge is 0.354 e. The second-order valence-electron chi connectivity index (χ2n) is 4.22. The Morgan fingerprint density at radius 2 is 2.20 bits per heavy atom. The van der Waals surface area contributed by atoms with E-state index in [4.69, 9.17) is 5.11 Å². The molecule has 1 heterocycles. The largest absolute Gasteiger partial charge is 0.477 e. The Bertz CT molecular complexity index is 451. The molecule has 6 nitrogen and oxygen atoms in total. The fraction of sp³-hybridized carbons (Fsp3) is 0.462. The minimum absolute atomic E-state index is 0.0547. The highest BCUT2D eigenvalue weighted by Crippen LogP contribution is 2.07. The van der Waals surface area contributed by atoms with Crippen LogP contribution < -0.4 is 10.6 Å². The van der Waals surface area contributed by atoms with Gasteiger partial charge in [-0.15, -0.1) is 0 Å². The maximum Gasteiger partial charge on any atom is 0.354 e. The van der Waals surface area contributed by atoms with Gasteiger partial charge in [0.2, 0.25) is 0 Å². The number of thioether (sulfide) groups is 1. The topological polar surface area (TPSA) is 91.3 Å². The highest BCUT2D eigenvalue weighted by atomic mass is 32.2. The van der Waals surface area contributed by atoms with Crippen molar-refractivity contribution in [2.24, 2.45) is 0 Å². The number of hydrogen-bond acceptors (Lipinski definition) is 4. The third-order valence-corrected chi connectivity index (χ3v) is 3.45. The van der Waals surface area contributed by atoms with Crippen LogP contribution in [-0.2, 0) is 0 Å². The van der Waals surface area contributed by atoms with Crippen molar-refractivity contribution in [1.29, 1.82) is 0 Å². The molecule has 0 fully saturated rings. The summed E-state index contributed by atoms with van der Waals surface area (Å²) in [5, 5.41) is 14.1. The van der Waals surface area contributed by atoms with Crippen molar-refractivity contribution in [3.63, 3.8) is 0 Å². The zero-order valence-electron chi connectivity index (χ0n) is 11.5. The fourth-order valence-electron chi connectivity index (χ4n) is 1.46. The van der Waals surface area contributed by atoms with Gasteiger partial charge in [-0.25, -0.2) is 14.6 Å². The molecule has 0 aliphatic rings. The van der Waals surface area contributed by atoms with Gasteiger partial charge in [0.25, 0.3) is 0 Å². The summed E-state index contributed by atoms with van der Waals surface area (Å²) in [5.74, 6) is 0.982. The van der Waals surface area contributed by atoms with Gasteiger partial charge < -0.3 is 15.7 Å². The lowest BCUT2D eigenvalue weighted by atomic mass is 10.3. The molecule has 1 aromatic heterocycles. The molecule has 0 aromatic carbocycles. The Morgan fingerprint density at radius 3 is 2.75 bits per heavy atom. The van der Waals surface area contributed by atoms with Gasteiger partial charge in [-0.1, -0.05) is 6.92 Å². The summed E-state index contributed by atoms with van der Waals surface area (Å²) in [6, 6.07) is 2.62. The molecule has 0 saturated heterocycles. The minimum atomic E-state index is -1.09. The van der Waals surface area contributed by atoms with Crippen molar-refractivity contribution < 1.29 is 14.7 Å². The number of aromatic nitrogens is 1. The number of carboxylic acids is 1. The van der Waals surface area contributed by atoms with Crippen LogP contribution in [0.25, 0.3) is 0 Å². The Morgan fingerprint density at radius 1 is 1.45 bits per heavy atom. The van der Waals surface area contributed by atoms with Crippen molar-refractivity contribution in [2.45, 2.75) is 26.3 Å². The number of urea groups is 1. The van der Waals surface area contributed by atoms with Gasteiger partial charge in [-0.2, -0.15) is 11.8 Å². The van der Waals surface area contributed by atoms with Gasteiger partial charge in [0, 0.05) is 6.04 Å².